The van der Waals surface area contributed by atoms with Crippen LogP contribution in [0.25, 0.3) is 11.1 Å². The van der Waals surface area contributed by atoms with Gasteiger partial charge in [0.2, 0.25) is 0 Å². The first kappa shape index (κ1) is 26.6. The topological polar surface area (TPSA) is 92.7 Å². The zero-order valence-corrected chi connectivity index (χ0v) is 20.8. The molecule has 0 saturated carbocycles. The first-order valence-electron chi connectivity index (χ1n) is 11.1. The fourth-order valence-electron chi connectivity index (χ4n) is 3.72. The quantitative estimate of drug-likeness (QED) is 0.204. The predicted octanol–water partition coefficient (Wildman–Crippen LogP) is 4.91. The normalized spacial score (nSPS) is 11.4. The number of methoxy groups -OCH3 is 4. The second kappa shape index (κ2) is 13.2. The van der Waals surface area contributed by atoms with E-state index in [4.69, 9.17) is 28.4 Å². The second-order valence-electron chi connectivity index (χ2n) is 7.65. The molecule has 0 bridgehead atoms. The summed E-state index contributed by atoms with van der Waals surface area (Å²) in [5.41, 5.74) is 2.32. The van der Waals surface area contributed by atoms with Crippen molar-refractivity contribution in [1.82, 2.24) is 0 Å². The van der Waals surface area contributed by atoms with Crippen LogP contribution in [0.5, 0.6) is 23.0 Å². The Labute approximate surface area is 210 Å². The van der Waals surface area contributed by atoms with Crippen molar-refractivity contribution >= 4 is 17.1 Å². The van der Waals surface area contributed by atoms with Crippen LogP contribution >= 0.6 is 0 Å². The van der Waals surface area contributed by atoms with Gasteiger partial charge in [0.15, 0.2) is 13.6 Å². The lowest BCUT2D eigenvalue weighted by Gasteiger charge is -2.20. The summed E-state index contributed by atoms with van der Waals surface area (Å²) >= 11 is 0. The number of carboxylic acid groups (broad SMARTS) is 1. The molecule has 190 valence electrons. The summed E-state index contributed by atoms with van der Waals surface area (Å²) in [4.78, 5) is 12.9. The number of hydrogen-bond donors (Lipinski definition) is 1. The van der Waals surface area contributed by atoms with Crippen molar-refractivity contribution in [3.05, 3.63) is 83.4 Å². The maximum absolute atomic E-state index is 12.9. The zero-order valence-electron chi connectivity index (χ0n) is 20.8. The highest BCUT2D eigenvalue weighted by atomic mass is 16.7. The van der Waals surface area contributed by atoms with E-state index in [-0.39, 0.29) is 19.2 Å². The maximum atomic E-state index is 12.9. The number of ether oxygens (including phenoxy) is 6. The van der Waals surface area contributed by atoms with Crippen LogP contribution in [-0.4, -0.2) is 53.1 Å². The summed E-state index contributed by atoms with van der Waals surface area (Å²) in [7, 11) is 6.07. The lowest BCUT2D eigenvalue weighted by Crippen LogP contribution is -2.10. The third kappa shape index (κ3) is 6.56. The van der Waals surface area contributed by atoms with Gasteiger partial charge in [0, 0.05) is 25.3 Å². The molecule has 0 heterocycles. The Morgan fingerprint density at radius 1 is 0.722 bits per heavy atom. The first-order valence-corrected chi connectivity index (χ1v) is 11.1. The van der Waals surface area contributed by atoms with Crippen molar-refractivity contribution in [2.45, 2.75) is 6.42 Å². The molecule has 0 aliphatic heterocycles. The molecule has 0 aromatic heterocycles. The molecule has 0 saturated heterocycles. The Bertz CT molecular complexity index is 1190. The van der Waals surface area contributed by atoms with Gasteiger partial charge in [-0.3, -0.25) is 0 Å². The van der Waals surface area contributed by atoms with Crippen LogP contribution in [0.3, 0.4) is 0 Å². The third-order valence-corrected chi connectivity index (χ3v) is 5.37. The largest absolute Gasteiger partial charge is 0.497 e. The molecule has 0 aliphatic carbocycles. The Hall–Kier alpha value is -4.01. The van der Waals surface area contributed by atoms with Crippen molar-refractivity contribution in [3.63, 3.8) is 0 Å². The molecular weight excluding hydrogens is 464 g/mol. The van der Waals surface area contributed by atoms with Crippen LogP contribution in [0.1, 0.15) is 16.7 Å². The van der Waals surface area contributed by atoms with E-state index in [2.05, 4.69) is 0 Å². The summed E-state index contributed by atoms with van der Waals surface area (Å²) < 4.78 is 32.6. The van der Waals surface area contributed by atoms with Gasteiger partial charge in [-0.2, -0.15) is 0 Å². The van der Waals surface area contributed by atoms with Gasteiger partial charge in [-0.05, 0) is 54.0 Å². The molecule has 36 heavy (non-hydrogen) atoms. The van der Waals surface area contributed by atoms with Gasteiger partial charge in [-0.1, -0.05) is 30.3 Å². The lowest BCUT2D eigenvalue weighted by molar-refractivity contribution is -0.130. The van der Waals surface area contributed by atoms with Gasteiger partial charge >= 0.3 is 5.97 Å². The van der Waals surface area contributed by atoms with Gasteiger partial charge in [-0.25, -0.2) is 4.79 Å². The number of rotatable bonds is 13. The van der Waals surface area contributed by atoms with Crippen molar-refractivity contribution in [3.8, 4) is 23.0 Å². The van der Waals surface area contributed by atoms with Crippen molar-refractivity contribution in [1.29, 1.82) is 0 Å². The van der Waals surface area contributed by atoms with Gasteiger partial charge in [0.1, 0.15) is 23.0 Å². The molecule has 8 nitrogen and oxygen atoms in total. The fraction of sp³-hybridized carbons (Fsp3) is 0.250. The zero-order chi connectivity index (χ0) is 25.9. The Morgan fingerprint density at radius 3 is 1.75 bits per heavy atom. The summed E-state index contributed by atoms with van der Waals surface area (Å²) in [6.45, 7) is -0.0662. The van der Waals surface area contributed by atoms with E-state index in [0.29, 0.717) is 46.1 Å². The molecule has 0 spiro atoms. The highest BCUT2D eigenvalue weighted by Gasteiger charge is 2.25. The van der Waals surface area contributed by atoms with E-state index in [1.165, 1.54) is 21.3 Å². The number of allylic oxidation sites excluding steroid dienone is 1. The van der Waals surface area contributed by atoms with E-state index in [1.807, 2.05) is 30.3 Å². The summed E-state index contributed by atoms with van der Waals surface area (Å²) in [6, 6.07) is 19.8. The minimum Gasteiger partial charge on any atom is -0.497 e. The van der Waals surface area contributed by atoms with Gasteiger partial charge in [0.05, 0.1) is 19.8 Å². The Balaban J connectivity index is 2.37. The van der Waals surface area contributed by atoms with Crippen LogP contribution in [0, 0.1) is 0 Å². The molecule has 0 aliphatic rings. The number of carboxylic acids is 1. The van der Waals surface area contributed by atoms with E-state index in [9.17, 15) is 9.90 Å². The number of benzene rings is 3. The number of hydrogen-bond acceptors (Lipinski definition) is 7. The Kier molecular flexibility index (Phi) is 9.73. The first-order chi connectivity index (χ1) is 17.5. The van der Waals surface area contributed by atoms with E-state index < -0.39 is 5.97 Å². The lowest BCUT2D eigenvalue weighted by atomic mass is 9.89. The van der Waals surface area contributed by atoms with E-state index in [0.717, 1.165) is 5.56 Å². The smallest absolute Gasteiger partial charge is 0.336 e. The molecule has 8 heteroatoms. The van der Waals surface area contributed by atoms with Crippen LogP contribution in [0.2, 0.25) is 0 Å². The molecule has 1 N–H and O–H groups in total. The van der Waals surface area contributed by atoms with Gasteiger partial charge < -0.3 is 33.5 Å². The summed E-state index contributed by atoms with van der Waals surface area (Å²) in [5, 5.41) is 10.6. The molecule has 3 aromatic rings. The monoisotopic (exact) mass is 494 g/mol. The van der Waals surface area contributed by atoms with Crippen LogP contribution in [-0.2, 0) is 20.7 Å². The molecule has 3 aromatic carbocycles. The predicted molar refractivity (Wildman–Crippen MR) is 136 cm³/mol. The van der Waals surface area contributed by atoms with E-state index in [1.54, 1.807) is 43.5 Å². The van der Waals surface area contributed by atoms with Crippen molar-refractivity contribution in [2.75, 3.05) is 42.0 Å². The summed E-state index contributed by atoms with van der Waals surface area (Å²) in [5.74, 6) is 0.671. The van der Waals surface area contributed by atoms with Gasteiger partial charge in [0.25, 0.3) is 0 Å². The molecule has 0 unspecified atom stereocenters. The molecule has 0 atom stereocenters. The number of carbonyl (C=O) groups is 1. The van der Waals surface area contributed by atoms with Crippen molar-refractivity contribution < 1.29 is 38.3 Å². The summed E-state index contributed by atoms with van der Waals surface area (Å²) in [6.07, 6.45) is 0.292. The SMILES string of the molecule is COCOc1ccc(OC)cc1C(Cc1ccccc1)=C(C(=O)O)c1cc(OC)ccc1OCOC. The molecule has 0 fully saturated rings. The van der Waals surface area contributed by atoms with Gasteiger partial charge in [-0.15, -0.1) is 0 Å². The standard InChI is InChI=1S/C28H30O8/c1-31-17-35-25-12-10-20(33-3)15-22(25)23(14-19-8-6-5-7-9-19)27(28(29)30)24-16-21(34-4)11-13-26(24)36-18-32-2/h5-13,15-16H,14,17-18H2,1-4H3,(H,29,30). The Morgan fingerprint density at radius 2 is 1.25 bits per heavy atom. The highest BCUT2D eigenvalue weighted by molar-refractivity contribution is 6.25. The van der Waals surface area contributed by atoms with Crippen LogP contribution in [0.15, 0.2) is 66.7 Å². The minimum atomic E-state index is -1.14. The molecular formula is C28H30O8. The fourth-order valence-corrected chi connectivity index (χ4v) is 3.72. The average Bonchev–Trinajstić information content (AvgIpc) is 2.91. The van der Waals surface area contributed by atoms with Crippen LogP contribution < -0.4 is 18.9 Å². The molecule has 0 amide bonds. The maximum Gasteiger partial charge on any atom is 0.336 e. The average molecular weight is 495 g/mol. The highest BCUT2D eigenvalue weighted by Crippen LogP contribution is 2.40. The molecule has 0 radical (unpaired) electrons. The minimum absolute atomic E-state index is 0.0122. The molecule has 3 rings (SSSR count). The van der Waals surface area contributed by atoms with Crippen LogP contribution in [0.4, 0.5) is 0 Å². The number of aliphatic carboxylic acids is 1. The second-order valence-corrected chi connectivity index (χ2v) is 7.65. The van der Waals surface area contributed by atoms with E-state index >= 15 is 0 Å². The van der Waals surface area contributed by atoms with Crippen molar-refractivity contribution in [2.24, 2.45) is 0 Å². The third-order valence-electron chi connectivity index (χ3n) is 5.37.